The fourth-order valence-electron chi connectivity index (χ4n) is 0.220. The summed E-state index contributed by atoms with van der Waals surface area (Å²) >= 11 is 0. The number of nitrogens with zero attached hydrogens (tertiary/aromatic N) is 2. The highest BCUT2D eigenvalue weighted by Gasteiger charge is 1.97. The second-order valence-electron chi connectivity index (χ2n) is 1.70. The largest absolute Gasteiger partial charge is 0.337 e. The van der Waals surface area contributed by atoms with Crippen LogP contribution in [0.3, 0.4) is 0 Å². The third-order valence-electron chi connectivity index (χ3n) is 0.695. The van der Waals surface area contributed by atoms with Crippen molar-refractivity contribution in [2.24, 2.45) is 5.10 Å². The van der Waals surface area contributed by atoms with Gasteiger partial charge in [0.2, 0.25) is 0 Å². The van der Waals surface area contributed by atoms with Gasteiger partial charge in [-0.25, -0.2) is 10.2 Å². The number of carbonyl (C=O) groups is 1. The maximum Gasteiger partial charge on any atom is 0.337 e. The Bertz CT molecular complexity index is 119. The quantitative estimate of drug-likeness (QED) is 0.400. The molecule has 0 aromatic rings. The average molecular weight is 129 g/mol. The molecular weight excluding hydrogens is 118 g/mol. The van der Waals surface area contributed by atoms with E-state index in [-0.39, 0.29) is 6.03 Å². The summed E-state index contributed by atoms with van der Waals surface area (Å²) in [5.41, 5.74) is 2.29. The Balaban J connectivity index is 3.51. The Morgan fingerprint density at radius 1 is 1.67 bits per heavy atom. The van der Waals surface area contributed by atoms with Crippen molar-refractivity contribution in [3.05, 3.63) is 0 Å². The number of hydrazone groups is 1. The highest BCUT2D eigenvalue weighted by molar-refractivity contribution is 5.74. The van der Waals surface area contributed by atoms with E-state index < -0.39 is 0 Å². The molecule has 2 amide bonds. The van der Waals surface area contributed by atoms with Crippen LogP contribution in [0.2, 0.25) is 0 Å². The van der Waals surface area contributed by atoms with Crippen LogP contribution in [0.15, 0.2) is 5.10 Å². The van der Waals surface area contributed by atoms with Gasteiger partial charge in [0.05, 0.1) is 0 Å². The third kappa shape index (κ3) is 3.52. The minimum atomic E-state index is -0.215. The molecule has 52 valence electrons. The van der Waals surface area contributed by atoms with Crippen LogP contribution in [0.25, 0.3) is 0 Å². The van der Waals surface area contributed by atoms with Gasteiger partial charge in [0.15, 0.2) is 0 Å². The maximum atomic E-state index is 10.6. The standard InChI is InChI=1S/C5H11N3O/c1-4-6-7-5(9)8(2)3/h4H,1-3H3,(H,7,9)/b6-4-. The van der Waals surface area contributed by atoms with Crippen LogP contribution < -0.4 is 5.43 Å². The SMILES string of the molecule is C/C=N\NC(=O)N(C)C. The lowest BCUT2D eigenvalue weighted by Gasteiger charge is -2.06. The summed E-state index contributed by atoms with van der Waals surface area (Å²) in [5, 5.41) is 3.53. The summed E-state index contributed by atoms with van der Waals surface area (Å²) in [6.45, 7) is 1.73. The van der Waals surface area contributed by atoms with Crippen LogP contribution in [0, 0.1) is 0 Å². The van der Waals surface area contributed by atoms with E-state index in [1.54, 1.807) is 21.0 Å². The van der Waals surface area contributed by atoms with Gasteiger partial charge in [-0.05, 0) is 6.92 Å². The van der Waals surface area contributed by atoms with Gasteiger partial charge in [-0.2, -0.15) is 5.10 Å². The summed E-state index contributed by atoms with van der Waals surface area (Å²) in [6.07, 6.45) is 1.52. The van der Waals surface area contributed by atoms with Crippen molar-refractivity contribution in [3.63, 3.8) is 0 Å². The Morgan fingerprint density at radius 3 is 2.56 bits per heavy atom. The fraction of sp³-hybridized carbons (Fsp3) is 0.600. The molecule has 0 aliphatic rings. The predicted octanol–water partition coefficient (Wildman–Crippen LogP) is 0.263. The molecule has 0 aliphatic heterocycles. The van der Waals surface area contributed by atoms with Crippen LogP contribution in [0.1, 0.15) is 6.92 Å². The van der Waals surface area contributed by atoms with E-state index in [0.29, 0.717) is 0 Å². The van der Waals surface area contributed by atoms with E-state index in [0.717, 1.165) is 0 Å². The van der Waals surface area contributed by atoms with Gasteiger partial charge >= 0.3 is 6.03 Å². The minimum absolute atomic E-state index is 0.215. The number of carbonyl (C=O) groups excluding carboxylic acids is 1. The van der Waals surface area contributed by atoms with Crippen molar-refractivity contribution in [1.82, 2.24) is 10.3 Å². The summed E-state index contributed by atoms with van der Waals surface area (Å²) in [7, 11) is 3.31. The van der Waals surface area contributed by atoms with Gasteiger partial charge in [0.25, 0.3) is 0 Å². The molecule has 0 aromatic heterocycles. The van der Waals surface area contributed by atoms with E-state index in [1.807, 2.05) is 0 Å². The molecular formula is C5H11N3O. The summed E-state index contributed by atoms with van der Waals surface area (Å²) in [6, 6.07) is -0.215. The molecule has 0 atom stereocenters. The topological polar surface area (TPSA) is 44.7 Å². The van der Waals surface area contributed by atoms with Crippen molar-refractivity contribution in [2.45, 2.75) is 6.92 Å². The summed E-state index contributed by atoms with van der Waals surface area (Å²) in [5.74, 6) is 0. The van der Waals surface area contributed by atoms with Crippen LogP contribution in [0.5, 0.6) is 0 Å². The van der Waals surface area contributed by atoms with Crippen LogP contribution >= 0.6 is 0 Å². The molecule has 0 heterocycles. The highest BCUT2D eigenvalue weighted by Crippen LogP contribution is 1.74. The zero-order chi connectivity index (χ0) is 7.28. The first-order valence-electron chi connectivity index (χ1n) is 2.63. The Hall–Kier alpha value is -1.06. The van der Waals surface area contributed by atoms with Gasteiger partial charge in [-0.1, -0.05) is 0 Å². The molecule has 0 unspecified atom stereocenters. The van der Waals surface area contributed by atoms with E-state index in [4.69, 9.17) is 0 Å². The number of urea groups is 1. The van der Waals surface area contributed by atoms with Crippen molar-refractivity contribution in [3.8, 4) is 0 Å². The first kappa shape index (κ1) is 7.94. The molecule has 4 nitrogen and oxygen atoms in total. The van der Waals surface area contributed by atoms with Crippen LogP contribution in [-0.2, 0) is 0 Å². The Labute approximate surface area is 54.5 Å². The predicted molar refractivity (Wildman–Crippen MR) is 36.4 cm³/mol. The first-order valence-corrected chi connectivity index (χ1v) is 2.63. The molecule has 0 saturated heterocycles. The molecule has 0 saturated carbocycles. The molecule has 0 bridgehead atoms. The normalized spacial score (nSPS) is 9.67. The lowest BCUT2D eigenvalue weighted by Crippen LogP contribution is -2.30. The van der Waals surface area contributed by atoms with Crippen molar-refractivity contribution in [1.29, 1.82) is 0 Å². The lowest BCUT2D eigenvalue weighted by molar-refractivity contribution is 0.218. The average Bonchev–Trinajstić information content (AvgIpc) is 1.82. The molecule has 0 fully saturated rings. The second kappa shape index (κ2) is 3.88. The monoisotopic (exact) mass is 129 g/mol. The van der Waals surface area contributed by atoms with Gasteiger partial charge in [0, 0.05) is 20.3 Å². The van der Waals surface area contributed by atoms with Gasteiger partial charge in [-0.15, -0.1) is 0 Å². The highest BCUT2D eigenvalue weighted by atomic mass is 16.2. The molecule has 0 aliphatic carbocycles. The number of hydrogen-bond donors (Lipinski definition) is 1. The van der Waals surface area contributed by atoms with Gasteiger partial charge in [0.1, 0.15) is 0 Å². The molecule has 0 spiro atoms. The number of amides is 2. The smallest absolute Gasteiger partial charge is 0.329 e. The summed E-state index contributed by atoms with van der Waals surface area (Å²) in [4.78, 5) is 12.0. The molecule has 0 aromatic carbocycles. The molecule has 9 heavy (non-hydrogen) atoms. The minimum Gasteiger partial charge on any atom is -0.329 e. The fourth-order valence-corrected chi connectivity index (χ4v) is 0.220. The van der Waals surface area contributed by atoms with E-state index >= 15 is 0 Å². The molecule has 0 rings (SSSR count). The van der Waals surface area contributed by atoms with Crippen LogP contribution in [-0.4, -0.2) is 31.2 Å². The second-order valence-corrected chi connectivity index (χ2v) is 1.70. The van der Waals surface area contributed by atoms with Gasteiger partial charge in [-0.3, -0.25) is 0 Å². The summed E-state index contributed by atoms with van der Waals surface area (Å²) < 4.78 is 0. The Morgan fingerprint density at radius 2 is 2.22 bits per heavy atom. The number of nitrogens with one attached hydrogen (secondary N) is 1. The van der Waals surface area contributed by atoms with Crippen molar-refractivity contribution < 1.29 is 4.79 Å². The van der Waals surface area contributed by atoms with E-state index in [9.17, 15) is 4.79 Å². The first-order chi connectivity index (χ1) is 4.18. The molecule has 4 heteroatoms. The van der Waals surface area contributed by atoms with E-state index in [2.05, 4.69) is 10.5 Å². The number of rotatable bonds is 1. The number of hydrogen-bond acceptors (Lipinski definition) is 2. The van der Waals surface area contributed by atoms with Crippen molar-refractivity contribution in [2.75, 3.05) is 14.1 Å². The van der Waals surface area contributed by atoms with E-state index in [1.165, 1.54) is 11.1 Å². The lowest BCUT2D eigenvalue weighted by atomic mass is 10.8. The van der Waals surface area contributed by atoms with Crippen LogP contribution in [0.4, 0.5) is 4.79 Å². The molecule has 0 radical (unpaired) electrons. The van der Waals surface area contributed by atoms with Crippen molar-refractivity contribution >= 4 is 12.2 Å². The Kier molecular flexibility index (Phi) is 3.43. The molecule has 1 N–H and O–H groups in total. The third-order valence-corrected chi connectivity index (χ3v) is 0.695. The zero-order valence-corrected chi connectivity index (χ0v) is 5.88. The maximum absolute atomic E-state index is 10.6. The van der Waals surface area contributed by atoms with Gasteiger partial charge < -0.3 is 4.90 Å². The zero-order valence-electron chi connectivity index (χ0n) is 5.88.